The molecule has 1 saturated heterocycles. The first kappa shape index (κ1) is 20.1. The van der Waals surface area contributed by atoms with Crippen LogP contribution in [0.2, 0.25) is 0 Å². The van der Waals surface area contributed by atoms with Gasteiger partial charge in [-0.3, -0.25) is 14.7 Å². The zero-order chi connectivity index (χ0) is 19.8. The van der Waals surface area contributed by atoms with Gasteiger partial charge in [-0.05, 0) is 13.0 Å². The highest BCUT2D eigenvalue weighted by Crippen LogP contribution is 2.43. The van der Waals surface area contributed by atoms with Crippen molar-refractivity contribution < 1.29 is 13.6 Å². The number of nitrogens with zero attached hydrogens (tertiary/aromatic N) is 3. The monoisotopic (exact) mass is 380 g/mol. The Labute approximate surface area is 160 Å². The Morgan fingerprint density at radius 3 is 2.85 bits per heavy atom. The number of carbonyl (C=O) groups is 1. The summed E-state index contributed by atoms with van der Waals surface area (Å²) in [7, 11) is 0. The number of halogens is 2. The lowest BCUT2D eigenvalue weighted by Crippen LogP contribution is -2.52. The van der Waals surface area contributed by atoms with E-state index in [1.165, 1.54) is 12.3 Å². The summed E-state index contributed by atoms with van der Waals surface area (Å²) >= 11 is 0. The summed E-state index contributed by atoms with van der Waals surface area (Å²) in [6, 6.07) is 1.77. The first-order valence-electron chi connectivity index (χ1n) is 9.79. The second-order valence-electron chi connectivity index (χ2n) is 8.50. The number of hydrogen-bond donors (Lipinski definition) is 1. The molecule has 150 valence electrons. The largest absolute Gasteiger partial charge is 0.312 e. The second kappa shape index (κ2) is 7.43. The van der Waals surface area contributed by atoms with Crippen molar-refractivity contribution in [3.05, 3.63) is 23.5 Å². The van der Waals surface area contributed by atoms with Crippen LogP contribution in [0, 0.1) is 0 Å². The predicted octanol–water partition coefficient (Wildman–Crippen LogP) is 2.89. The molecule has 1 atom stereocenters. The Morgan fingerprint density at radius 2 is 2.19 bits per heavy atom. The number of nitrogens with one attached hydrogen (secondary N) is 1. The number of piperazine rings is 1. The summed E-state index contributed by atoms with van der Waals surface area (Å²) in [5, 5.41) is 3.36. The Morgan fingerprint density at radius 1 is 1.44 bits per heavy atom. The highest BCUT2D eigenvalue weighted by Gasteiger charge is 2.41. The molecule has 1 unspecified atom stereocenters. The summed E-state index contributed by atoms with van der Waals surface area (Å²) in [4.78, 5) is 20.9. The van der Waals surface area contributed by atoms with Gasteiger partial charge in [-0.2, -0.15) is 8.78 Å². The standard InChI is InChI=1S/C20H30F2N4O/c1-5-6-20(21,22)17-9-16-15(10-24-17)19(3,4)13-26(16)18(27)12-25-8-7-23-14(2)11-25/h9-10,14,23H,5-8,11-13H2,1-4H3. The maximum Gasteiger partial charge on any atom is 0.289 e. The zero-order valence-corrected chi connectivity index (χ0v) is 16.7. The van der Waals surface area contributed by atoms with Gasteiger partial charge in [0.2, 0.25) is 5.91 Å². The van der Waals surface area contributed by atoms with Crippen LogP contribution in [0.15, 0.2) is 12.3 Å². The molecule has 1 N–H and O–H groups in total. The normalized spacial score (nSPS) is 22.7. The Kier molecular flexibility index (Phi) is 5.54. The lowest BCUT2D eigenvalue weighted by Gasteiger charge is -2.32. The topological polar surface area (TPSA) is 48.5 Å². The quantitative estimate of drug-likeness (QED) is 0.853. The number of fused-ring (bicyclic) bond motifs is 1. The lowest BCUT2D eigenvalue weighted by atomic mass is 9.88. The fourth-order valence-electron chi connectivity index (χ4n) is 4.05. The molecule has 2 aliphatic heterocycles. The van der Waals surface area contributed by atoms with Crippen LogP contribution < -0.4 is 10.2 Å². The Bertz CT molecular complexity index is 707. The molecule has 5 nitrogen and oxygen atoms in total. The molecule has 27 heavy (non-hydrogen) atoms. The van der Waals surface area contributed by atoms with E-state index in [1.807, 2.05) is 13.8 Å². The van der Waals surface area contributed by atoms with Crippen molar-refractivity contribution in [1.29, 1.82) is 0 Å². The van der Waals surface area contributed by atoms with Gasteiger partial charge in [-0.15, -0.1) is 0 Å². The zero-order valence-electron chi connectivity index (χ0n) is 16.7. The third-order valence-corrected chi connectivity index (χ3v) is 5.51. The van der Waals surface area contributed by atoms with E-state index in [4.69, 9.17) is 0 Å². The van der Waals surface area contributed by atoms with Crippen molar-refractivity contribution >= 4 is 11.6 Å². The molecule has 0 aliphatic carbocycles. The van der Waals surface area contributed by atoms with Crippen molar-refractivity contribution in [3.8, 4) is 0 Å². The minimum absolute atomic E-state index is 0.0353. The van der Waals surface area contributed by atoms with Crippen LogP contribution in [-0.2, 0) is 16.1 Å². The average molecular weight is 380 g/mol. The van der Waals surface area contributed by atoms with E-state index in [1.54, 1.807) is 11.8 Å². The highest BCUT2D eigenvalue weighted by molar-refractivity contribution is 5.97. The van der Waals surface area contributed by atoms with Gasteiger partial charge < -0.3 is 10.2 Å². The number of pyridine rings is 1. The van der Waals surface area contributed by atoms with E-state index in [0.717, 1.165) is 25.2 Å². The van der Waals surface area contributed by atoms with Gasteiger partial charge in [0, 0.05) is 55.8 Å². The van der Waals surface area contributed by atoms with Crippen molar-refractivity contribution in [1.82, 2.24) is 15.2 Å². The van der Waals surface area contributed by atoms with Gasteiger partial charge in [0.05, 0.1) is 12.2 Å². The van der Waals surface area contributed by atoms with Crippen LogP contribution in [0.25, 0.3) is 0 Å². The van der Waals surface area contributed by atoms with Gasteiger partial charge in [0.15, 0.2) is 0 Å². The van der Waals surface area contributed by atoms with E-state index in [9.17, 15) is 13.6 Å². The number of hydrogen-bond acceptors (Lipinski definition) is 4. The molecule has 7 heteroatoms. The average Bonchev–Trinajstić information content (AvgIpc) is 2.86. The van der Waals surface area contributed by atoms with E-state index in [2.05, 4.69) is 22.1 Å². The van der Waals surface area contributed by atoms with E-state index in [-0.39, 0.29) is 23.4 Å². The van der Waals surface area contributed by atoms with Crippen LogP contribution in [0.5, 0.6) is 0 Å². The van der Waals surface area contributed by atoms with E-state index < -0.39 is 5.92 Å². The van der Waals surface area contributed by atoms with Crippen molar-refractivity contribution in [2.75, 3.05) is 37.6 Å². The van der Waals surface area contributed by atoms with Crippen molar-refractivity contribution in [2.24, 2.45) is 0 Å². The molecule has 1 aromatic heterocycles. The minimum Gasteiger partial charge on any atom is -0.312 e. The minimum atomic E-state index is -2.97. The molecule has 0 radical (unpaired) electrons. The SMILES string of the molecule is CCCC(F)(F)c1cc2c(cn1)C(C)(C)CN2C(=O)CN1CCNC(C)C1. The number of carbonyl (C=O) groups excluding carboxylic acids is 1. The summed E-state index contributed by atoms with van der Waals surface area (Å²) in [6.45, 7) is 11.2. The smallest absolute Gasteiger partial charge is 0.289 e. The Hall–Kier alpha value is -1.60. The third kappa shape index (κ3) is 4.14. The molecule has 1 amide bonds. The molecule has 1 fully saturated rings. The number of alkyl halides is 2. The van der Waals surface area contributed by atoms with Gasteiger partial charge >= 0.3 is 0 Å². The number of anilines is 1. The fourth-order valence-corrected chi connectivity index (χ4v) is 4.05. The highest BCUT2D eigenvalue weighted by atomic mass is 19.3. The third-order valence-electron chi connectivity index (χ3n) is 5.51. The van der Waals surface area contributed by atoms with Gasteiger partial charge in [0.25, 0.3) is 5.92 Å². The maximum atomic E-state index is 14.4. The molecule has 0 aromatic carbocycles. The van der Waals surface area contributed by atoms with Gasteiger partial charge in [-0.25, -0.2) is 0 Å². The molecule has 0 spiro atoms. The van der Waals surface area contributed by atoms with Crippen LogP contribution in [0.4, 0.5) is 14.5 Å². The summed E-state index contributed by atoms with van der Waals surface area (Å²) < 4.78 is 28.8. The molecule has 0 bridgehead atoms. The first-order valence-corrected chi connectivity index (χ1v) is 9.79. The van der Waals surface area contributed by atoms with Crippen molar-refractivity contribution in [3.63, 3.8) is 0 Å². The fraction of sp³-hybridized carbons (Fsp3) is 0.700. The van der Waals surface area contributed by atoms with Crippen molar-refractivity contribution in [2.45, 2.75) is 57.9 Å². The van der Waals surface area contributed by atoms with Crippen LogP contribution in [-0.4, -0.2) is 54.6 Å². The number of aromatic nitrogens is 1. The van der Waals surface area contributed by atoms with Crippen LogP contribution in [0.1, 0.15) is 51.8 Å². The molecule has 3 rings (SSSR count). The van der Waals surface area contributed by atoms with Gasteiger partial charge in [-0.1, -0.05) is 27.2 Å². The maximum absolute atomic E-state index is 14.4. The molecule has 0 saturated carbocycles. The molecular weight excluding hydrogens is 350 g/mol. The second-order valence-corrected chi connectivity index (χ2v) is 8.50. The van der Waals surface area contributed by atoms with Crippen LogP contribution in [0.3, 0.4) is 0 Å². The first-order chi connectivity index (χ1) is 12.6. The molecule has 3 heterocycles. The molecule has 1 aromatic rings. The lowest BCUT2D eigenvalue weighted by molar-refractivity contribution is -0.120. The molecule has 2 aliphatic rings. The van der Waals surface area contributed by atoms with Gasteiger partial charge in [0.1, 0.15) is 5.69 Å². The summed E-state index contributed by atoms with van der Waals surface area (Å²) in [5.41, 5.74) is 0.914. The number of amides is 1. The predicted molar refractivity (Wildman–Crippen MR) is 102 cm³/mol. The number of rotatable bonds is 5. The van der Waals surface area contributed by atoms with E-state index in [0.29, 0.717) is 31.2 Å². The van der Waals surface area contributed by atoms with E-state index >= 15 is 0 Å². The van der Waals surface area contributed by atoms with Crippen LogP contribution >= 0.6 is 0 Å². The summed E-state index contributed by atoms with van der Waals surface area (Å²) in [6.07, 6.45) is 1.67. The Balaban J connectivity index is 1.85. The molecular formula is C20H30F2N4O. The summed E-state index contributed by atoms with van der Waals surface area (Å²) in [5.74, 6) is -3.01.